The molecule has 1 atom stereocenters. The molecule has 3 rings (SSSR count). The van der Waals surface area contributed by atoms with Crippen LogP contribution in [0.4, 0.5) is 0 Å². The van der Waals surface area contributed by atoms with Gasteiger partial charge in [0.2, 0.25) is 0 Å². The Balaban J connectivity index is 1.36. The predicted molar refractivity (Wildman–Crippen MR) is 111 cm³/mol. The lowest BCUT2D eigenvalue weighted by atomic mass is 9.86. The van der Waals surface area contributed by atoms with Crippen LogP contribution in [0.2, 0.25) is 0 Å². The Kier molecular flexibility index (Phi) is 6.23. The van der Waals surface area contributed by atoms with Crippen molar-refractivity contribution in [3.05, 3.63) is 35.4 Å². The van der Waals surface area contributed by atoms with Crippen molar-refractivity contribution in [2.75, 3.05) is 33.2 Å². The molecule has 1 aromatic rings. The van der Waals surface area contributed by atoms with Crippen LogP contribution in [0.5, 0.6) is 0 Å². The summed E-state index contributed by atoms with van der Waals surface area (Å²) in [6.45, 7) is 11.3. The number of nitrogens with one attached hydrogen (secondary N) is 2. The van der Waals surface area contributed by atoms with Crippen LogP contribution in [0, 0.1) is 5.92 Å². The molecule has 1 aliphatic heterocycles. The number of guanidine groups is 1. The normalized spacial score (nSPS) is 21.8. The van der Waals surface area contributed by atoms with E-state index >= 15 is 0 Å². The second-order valence-corrected chi connectivity index (χ2v) is 8.96. The molecule has 2 fully saturated rings. The van der Waals surface area contributed by atoms with Crippen LogP contribution in [0.25, 0.3) is 0 Å². The molecule has 144 valence electrons. The first kappa shape index (κ1) is 19.2. The first-order chi connectivity index (χ1) is 12.5. The van der Waals surface area contributed by atoms with E-state index in [2.05, 4.69) is 65.6 Å². The van der Waals surface area contributed by atoms with E-state index in [9.17, 15) is 0 Å². The van der Waals surface area contributed by atoms with Crippen molar-refractivity contribution in [2.45, 2.75) is 57.9 Å². The molecule has 0 spiro atoms. The number of nitrogens with zero attached hydrogens (tertiary/aromatic N) is 2. The highest BCUT2D eigenvalue weighted by atomic mass is 15.2. The van der Waals surface area contributed by atoms with E-state index in [1.54, 1.807) is 0 Å². The molecule has 1 aliphatic carbocycles. The van der Waals surface area contributed by atoms with Gasteiger partial charge < -0.3 is 15.5 Å². The Morgan fingerprint density at radius 3 is 2.46 bits per heavy atom. The summed E-state index contributed by atoms with van der Waals surface area (Å²) in [6.07, 6.45) is 5.17. The number of hydrogen-bond donors (Lipinski definition) is 2. The average Bonchev–Trinajstić information content (AvgIpc) is 3.36. The van der Waals surface area contributed by atoms with Crippen LogP contribution in [-0.4, -0.2) is 50.1 Å². The van der Waals surface area contributed by atoms with Gasteiger partial charge in [0.15, 0.2) is 5.96 Å². The maximum atomic E-state index is 4.37. The van der Waals surface area contributed by atoms with Gasteiger partial charge in [0, 0.05) is 32.7 Å². The molecular formula is C22H36N4. The highest BCUT2D eigenvalue weighted by Gasteiger charge is 2.34. The van der Waals surface area contributed by atoms with E-state index in [-0.39, 0.29) is 5.41 Å². The van der Waals surface area contributed by atoms with Gasteiger partial charge in [-0.25, -0.2) is 0 Å². The minimum absolute atomic E-state index is 0.220. The lowest BCUT2D eigenvalue weighted by molar-refractivity contribution is 0.314. The van der Waals surface area contributed by atoms with E-state index in [1.165, 1.54) is 43.5 Å². The quantitative estimate of drug-likeness (QED) is 0.607. The molecule has 1 unspecified atom stereocenters. The zero-order valence-corrected chi connectivity index (χ0v) is 17.0. The van der Waals surface area contributed by atoms with Crippen LogP contribution in [0.3, 0.4) is 0 Å². The van der Waals surface area contributed by atoms with Crippen molar-refractivity contribution in [3.8, 4) is 0 Å². The SMILES string of the molecule is CN=C(NCCc1ccc(C(C)(C)C)cc1)NCC1CCN(C2CC2)C1. The molecule has 1 aromatic carbocycles. The summed E-state index contributed by atoms with van der Waals surface area (Å²) < 4.78 is 0. The van der Waals surface area contributed by atoms with Crippen LogP contribution in [0.15, 0.2) is 29.3 Å². The van der Waals surface area contributed by atoms with E-state index in [0.29, 0.717) is 0 Å². The Morgan fingerprint density at radius 2 is 1.85 bits per heavy atom. The van der Waals surface area contributed by atoms with E-state index in [0.717, 1.165) is 37.4 Å². The molecule has 0 amide bonds. The first-order valence-electron chi connectivity index (χ1n) is 10.2. The van der Waals surface area contributed by atoms with Gasteiger partial charge in [0.25, 0.3) is 0 Å². The molecule has 2 aliphatic rings. The maximum absolute atomic E-state index is 4.37. The predicted octanol–water partition coefficient (Wildman–Crippen LogP) is 3.18. The highest BCUT2D eigenvalue weighted by Crippen LogP contribution is 2.31. The van der Waals surface area contributed by atoms with Crippen molar-refractivity contribution in [1.29, 1.82) is 0 Å². The third-order valence-corrected chi connectivity index (χ3v) is 5.69. The van der Waals surface area contributed by atoms with Gasteiger partial charge in [0.1, 0.15) is 0 Å². The summed E-state index contributed by atoms with van der Waals surface area (Å²) >= 11 is 0. The molecule has 0 aromatic heterocycles. The number of hydrogen-bond acceptors (Lipinski definition) is 2. The maximum Gasteiger partial charge on any atom is 0.190 e. The molecule has 0 bridgehead atoms. The minimum atomic E-state index is 0.220. The van der Waals surface area contributed by atoms with E-state index < -0.39 is 0 Å². The van der Waals surface area contributed by atoms with Crippen LogP contribution >= 0.6 is 0 Å². The summed E-state index contributed by atoms with van der Waals surface area (Å²) in [5.41, 5.74) is 2.98. The smallest absolute Gasteiger partial charge is 0.190 e. The van der Waals surface area contributed by atoms with Crippen molar-refractivity contribution >= 4 is 5.96 Å². The molecule has 26 heavy (non-hydrogen) atoms. The summed E-state index contributed by atoms with van der Waals surface area (Å²) in [5.74, 6) is 1.69. The number of aliphatic imine (C=N–C) groups is 1. The Labute approximate surface area is 159 Å². The number of rotatable bonds is 6. The topological polar surface area (TPSA) is 39.7 Å². The Morgan fingerprint density at radius 1 is 1.12 bits per heavy atom. The lowest BCUT2D eigenvalue weighted by Gasteiger charge is -2.19. The standard InChI is InChI=1S/C22H36N4/c1-22(2,3)19-7-5-17(6-8-19)11-13-24-21(23-4)25-15-18-12-14-26(16-18)20-9-10-20/h5-8,18,20H,9-16H2,1-4H3,(H2,23,24,25). The van der Waals surface area contributed by atoms with Crippen molar-refractivity contribution in [2.24, 2.45) is 10.9 Å². The van der Waals surface area contributed by atoms with Gasteiger partial charge in [-0.05, 0) is 54.7 Å². The molecule has 0 radical (unpaired) electrons. The number of likely N-dealkylation sites (tertiary alicyclic amines) is 1. The minimum Gasteiger partial charge on any atom is -0.356 e. The summed E-state index contributed by atoms with van der Waals surface area (Å²) in [7, 11) is 1.86. The molecule has 1 saturated carbocycles. The van der Waals surface area contributed by atoms with Crippen LogP contribution in [-0.2, 0) is 11.8 Å². The second-order valence-electron chi connectivity index (χ2n) is 8.96. The van der Waals surface area contributed by atoms with E-state index in [4.69, 9.17) is 0 Å². The highest BCUT2D eigenvalue weighted by molar-refractivity contribution is 5.79. The second kappa shape index (κ2) is 8.43. The zero-order valence-electron chi connectivity index (χ0n) is 17.0. The van der Waals surface area contributed by atoms with Crippen LogP contribution < -0.4 is 10.6 Å². The molecule has 1 saturated heterocycles. The Hall–Kier alpha value is -1.55. The van der Waals surface area contributed by atoms with Crippen LogP contribution in [0.1, 0.15) is 51.2 Å². The first-order valence-corrected chi connectivity index (χ1v) is 10.2. The summed E-state index contributed by atoms with van der Waals surface area (Å²) in [6, 6.07) is 9.93. The third-order valence-electron chi connectivity index (χ3n) is 5.69. The molecule has 4 heteroatoms. The lowest BCUT2D eigenvalue weighted by Crippen LogP contribution is -2.41. The molecular weight excluding hydrogens is 320 g/mol. The molecule has 1 heterocycles. The molecule has 2 N–H and O–H groups in total. The fourth-order valence-corrected chi connectivity index (χ4v) is 3.76. The largest absolute Gasteiger partial charge is 0.356 e. The zero-order chi connectivity index (χ0) is 18.6. The van der Waals surface area contributed by atoms with Crippen molar-refractivity contribution < 1.29 is 0 Å². The van der Waals surface area contributed by atoms with Gasteiger partial charge in [-0.2, -0.15) is 0 Å². The fourth-order valence-electron chi connectivity index (χ4n) is 3.76. The summed E-state index contributed by atoms with van der Waals surface area (Å²) in [4.78, 5) is 7.04. The van der Waals surface area contributed by atoms with E-state index in [1.807, 2.05) is 7.05 Å². The van der Waals surface area contributed by atoms with Crippen molar-refractivity contribution in [3.63, 3.8) is 0 Å². The van der Waals surface area contributed by atoms with Gasteiger partial charge >= 0.3 is 0 Å². The van der Waals surface area contributed by atoms with Gasteiger partial charge in [-0.1, -0.05) is 45.0 Å². The third kappa shape index (κ3) is 5.47. The number of benzene rings is 1. The van der Waals surface area contributed by atoms with Gasteiger partial charge in [0.05, 0.1) is 0 Å². The van der Waals surface area contributed by atoms with Gasteiger partial charge in [-0.3, -0.25) is 4.99 Å². The average molecular weight is 357 g/mol. The van der Waals surface area contributed by atoms with Gasteiger partial charge in [-0.15, -0.1) is 0 Å². The fraction of sp³-hybridized carbons (Fsp3) is 0.682. The monoisotopic (exact) mass is 356 g/mol. The molecule has 4 nitrogen and oxygen atoms in total. The summed E-state index contributed by atoms with van der Waals surface area (Å²) in [5, 5.41) is 6.98. The Bertz CT molecular complexity index is 596. The van der Waals surface area contributed by atoms with Crippen molar-refractivity contribution in [1.82, 2.24) is 15.5 Å².